The second kappa shape index (κ2) is 5.05. The Labute approximate surface area is 102 Å². The lowest BCUT2D eigenvalue weighted by Crippen LogP contribution is -2.17. The van der Waals surface area contributed by atoms with Crippen LogP contribution in [0.5, 0.6) is 0 Å². The van der Waals surface area contributed by atoms with Crippen molar-refractivity contribution in [1.82, 2.24) is 0 Å². The Morgan fingerprint density at radius 1 is 1.50 bits per heavy atom. The van der Waals surface area contributed by atoms with Crippen molar-refractivity contribution in [1.29, 1.82) is 0 Å². The maximum absolute atomic E-state index is 11.6. The molecule has 1 aromatic rings. The summed E-state index contributed by atoms with van der Waals surface area (Å²) in [6.07, 6.45) is 0. The van der Waals surface area contributed by atoms with Crippen molar-refractivity contribution in [3.63, 3.8) is 0 Å². The van der Waals surface area contributed by atoms with Gasteiger partial charge in [0.2, 0.25) is 15.8 Å². The van der Waals surface area contributed by atoms with Gasteiger partial charge in [-0.3, -0.25) is 4.79 Å². The van der Waals surface area contributed by atoms with Crippen LogP contribution in [0, 0.1) is 0 Å². The Kier molecular flexibility index (Phi) is 4.20. The minimum atomic E-state index is -3.80. The minimum Gasteiger partial charge on any atom is -0.362 e. The van der Waals surface area contributed by atoms with Gasteiger partial charge in [0.05, 0.1) is 4.90 Å². The zero-order chi connectivity index (χ0) is 12.3. The van der Waals surface area contributed by atoms with Gasteiger partial charge >= 0.3 is 0 Å². The van der Waals surface area contributed by atoms with Gasteiger partial charge in [-0.15, -0.1) is 0 Å². The van der Waals surface area contributed by atoms with E-state index in [0.717, 1.165) is 0 Å². The molecule has 16 heavy (non-hydrogen) atoms. The van der Waals surface area contributed by atoms with Crippen molar-refractivity contribution in [3.8, 4) is 0 Å². The maximum atomic E-state index is 11.6. The third-order valence-electron chi connectivity index (χ3n) is 1.86. The lowest BCUT2D eigenvalue weighted by molar-refractivity contribution is 0.0805. The fraction of sp³-hybridized carbons (Fsp3) is 0.222. The van der Waals surface area contributed by atoms with Gasteiger partial charge in [0.15, 0.2) is 5.01 Å². The summed E-state index contributed by atoms with van der Waals surface area (Å²) in [5.74, 6) is -0.368. The summed E-state index contributed by atoms with van der Waals surface area (Å²) in [4.78, 5) is 11.5. The molecule has 0 amide bonds. The molecule has 0 radical (unpaired) electrons. The number of nitrogens with two attached hydrogens (primary N) is 1. The molecule has 0 fully saturated rings. The molecule has 1 aromatic carbocycles. The standard InChI is InChI=1S/C9H10BrNO4S/c1-15-9(10)8(12)6-3-2-4-7(5-6)16(11,13)14/h2-5,9H,1H3,(H2,11,13,14). The Bertz CT molecular complexity index is 500. The summed E-state index contributed by atoms with van der Waals surface area (Å²) < 4.78 is 26.9. The molecule has 2 N–H and O–H groups in total. The normalized spacial score (nSPS) is 13.4. The zero-order valence-corrected chi connectivity index (χ0v) is 10.8. The number of halogens is 1. The van der Waals surface area contributed by atoms with Crippen LogP contribution >= 0.6 is 15.9 Å². The van der Waals surface area contributed by atoms with Gasteiger partial charge in [0.25, 0.3) is 0 Å². The molecule has 0 heterocycles. The van der Waals surface area contributed by atoms with E-state index in [1.807, 2.05) is 0 Å². The SMILES string of the molecule is COC(Br)C(=O)c1cccc(S(N)(=O)=O)c1. The highest BCUT2D eigenvalue weighted by atomic mass is 79.9. The first-order valence-electron chi connectivity index (χ1n) is 4.20. The lowest BCUT2D eigenvalue weighted by Gasteiger charge is -2.07. The first-order chi connectivity index (χ1) is 7.36. The number of hydrogen-bond acceptors (Lipinski definition) is 4. The quantitative estimate of drug-likeness (QED) is 0.661. The van der Waals surface area contributed by atoms with Crippen LogP contribution in [0.2, 0.25) is 0 Å². The molecule has 7 heteroatoms. The summed E-state index contributed by atoms with van der Waals surface area (Å²) >= 11 is 3.00. The number of ether oxygens (including phenoxy) is 1. The van der Waals surface area contributed by atoms with E-state index < -0.39 is 15.0 Å². The van der Waals surface area contributed by atoms with Crippen molar-refractivity contribution in [3.05, 3.63) is 29.8 Å². The highest BCUT2D eigenvalue weighted by molar-refractivity contribution is 9.09. The van der Waals surface area contributed by atoms with E-state index in [4.69, 9.17) is 9.88 Å². The third-order valence-corrected chi connectivity index (χ3v) is 3.56. The highest BCUT2D eigenvalue weighted by Gasteiger charge is 2.18. The van der Waals surface area contributed by atoms with Gasteiger partial charge in [-0.2, -0.15) is 0 Å². The number of carbonyl (C=O) groups is 1. The predicted octanol–water partition coefficient (Wildman–Crippen LogP) is 0.884. The van der Waals surface area contributed by atoms with Gasteiger partial charge in [-0.05, 0) is 28.1 Å². The number of primary sulfonamides is 1. The zero-order valence-electron chi connectivity index (χ0n) is 8.38. The van der Waals surface area contributed by atoms with E-state index in [2.05, 4.69) is 15.9 Å². The van der Waals surface area contributed by atoms with Gasteiger partial charge in [0.1, 0.15) is 0 Å². The average molecular weight is 308 g/mol. The van der Waals surface area contributed by atoms with Crippen molar-refractivity contribution < 1.29 is 17.9 Å². The van der Waals surface area contributed by atoms with E-state index >= 15 is 0 Å². The number of rotatable bonds is 4. The van der Waals surface area contributed by atoms with Crippen LogP contribution in [0.3, 0.4) is 0 Å². The molecule has 1 atom stereocenters. The summed E-state index contributed by atoms with van der Waals surface area (Å²) in [6.45, 7) is 0. The fourth-order valence-corrected chi connectivity index (χ4v) is 1.89. The van der Waals surface area contributed by atoms with Crippen LogP contribution in [0.25, 0.3) is 0 Å². The summed E-state index contributed by atoms with van der Waals surface area (Å²) in [5, 5.41) is 4.15. The Balaban J connectivity index is 3.14. The Morgan fingerprint density at radius 3 is 2.62 bits per heavy atom. The molecule has 0 aromatic heterocycles. The van der Waals surface area contributed by atoms with E-state index in [0.29, 0.717) is 0 Å². The van der Waals surface area contributed by atoms with Crippen molar-refractivity contribution in [2.45, 2.75) is 9.91 Å². The lowest BCUT2D eigenvalue weighted by atomic mass is 10.1. The van der Waals surface area contributed by atoms with Crippen LogP contribution < -0.4 is 5.14 Å². The van der Waals surface area contributed by atoms with Crippen LogP contribution in [-0.2, 0) is 14.8 Å². The maximum Gasteiger partial charge on any atom is 0.238 e. The number of Topliss-reactive ketones (excluding diaryl/α,β-unsaturated/α-hetero) is 1. The average Bonchev–Trinajstić information content (AvgIpc) is 2.26. The molecule has 0 bridgehead atoms. The van der Waals surface area contributed by atoms with Crippen LogP contribution in [0.1, 0.15) is 10.4 Å². The van der Waals surface area contributed by atoms with Crippen LogP contribution in [-0.4, -0.2) is 26.3 Å². The summed E-state index contributed by atoms with van der Waals surface area (Å²) in [6, 6.07) is 5.47. The van der Waals surface area contributed by atoms with E-state index in [-0.39, 0.29) is 16.2 Å². The third kappa shape index (κ3) is 3.11. The largest absolute Gasteiger partial charge is 0.362 e. The van der Waals surface area contributed by atoms with Crippen molar-refractivity contribution in [2.24, 2.45) is 5.14 Å². The van der Waals surface area contributed by atoms with E-state index in [9.17, 15) is 13.2 Å². The van der Waals surface area contributed by atoms with Crippen molar-refractivity contribution in [2.75, 3.05) is 7.11 Å². The number of alkyl halides is 1. The molecule has 0 saturated heterocycles. The molecular formula is C9H10BrNO4S. The summed E-state index contributed by atoms with van der Waals surface area (Å²) in [5.41, 5.74) is 0.218. The highest BCUT2D eigenvalue weighted by Crippen LogP contribution is 2.14. The van der Waals surface area contributed by atoms with Gasteiger partial charge in [-0.25, -0.2) is 13.6 Å². The van der Waals surface area contributed by atoms with E-state index in [1.165, 1.54) is 31.4 Å². The van der Waals surface area contributed by atoms with Gasteiger partial charge in [0, 0.05) is 12.7 Å². The molecular weight excluding hydrogens is 298 g/mol. The Morgan fingerprint density at radius 2 is 2.12 bits per heavy atom. The second-order valence-electron chi connectivity index (χ2n) is 2.99. The monoisotopic (exact) mass is 307 g/mol. The second-order valence-corrected chi connectivity index (χ2v) is 5.38. The van der Waals surface area contributed by atoms with E-state index in [1.54, 1.807) is 0 Å². The number of ketones is 1. The molecule has 88 valence electrons. The van der Waals surface area contributed by atoms with Crippen LogP contribution in [0.15, 0.2) is 29.2 Å². The van der Waals surface area contributed by atoms with Gasteiger partial charge in [-0.1, -0.05) is 12.1 Å². The van der Waals surface area contributed by atoms with Crippen molar-refractivity contribution >= 4 is 31.7 Å². The smallest absolute Gasteiger partial charge is 0.238 e. The molecule has 5 nitrogen and oxygen atoms in total. The molecule has 1 unspecified atom stereocenters. The Hall–Kier alpha value is -0.760. The summed E-state index contributed by atoms with van der Waals surface area (Å²) in [7, 11) is -2.44. The fourth-order valence-electron chi connectivity index (χ4n) is 1.06. The minimum absolute atomic E-state index is 0.103. The molecule has 0 aliphatic rings. The number of hydrogen-bond donors (Lipinski definition) is 1. The molecule has 0 spiro atoms. The first-order valence-corrected chi connectivity index (χ1v) is 6.66. The topological polar surface area (TPSA) is 86.5 Å². The molecule has 0 aliphatic carbocycles. The van der Waals surface area contributed by atoms with Gasteiger partial charge < -0.3 is 4.74 Å². The number of carbonyl (C=O) groups excluding carboxylic acids is 1. The number of methoxy groups -OCH3 is 1. The molecule has 1 rings (SSSR count). The molecule has 0 aliphatic heterocycles. The predicted molar refractivity (Wildman–Crippen MR) is 61.9 cm³/mol. The number of benzene rings is 1. The first kappa shape index (κ1) is 13.3. The van der Waals surface area contributed by atoms with Crippen LogP contribution in [0.4, 0.5) is 0 Å². The number of sulfonamides is 1. The molecule has 0 saturated carbocycles.